The molecule has 0 atom stereocenters. The normalized spacial score (nSPS) is 13.5. The second-order valence-electron chi connectivity index (χ2n) is 7.35. The molecule has 1 saturated carbocycles. The number of anilines is 1. The van der Waals surface area contributed by atoms with Crippen LogP contribution in [0.4, 0.5) is 5.82 Å². The topological polar surface area (TPSA) is 123 Å². The molecule has 0 saturated heterocycles. The van der Waals surface area contributed by atoms with Crippen LogP contribution in [-0.2, 0) is 11.8 Å². The SMILES string of the molecule is CNC(=O)c1cnc(NC(=O)C2CC2)c2[nH]c(-c3ccn(-c4cnn(C)c4)n3)cc12. The number of H-pyrrole nitrogens is 1. The Balaban J connectivity index is 1.58. The number of aromatic amines is 1. The molecular formula is C20H20N8O2. The van der Waals surface area contributed by atoms with Gasteiger partial charge in [0.1, 0.15) is 11.4 Å². The first-order chi connectivity index (χ1) is 14.5. The lowest BCUT2D eigenvalue weighted by molar-refractivity contribution is -0.117. The lowest BCUT2D eigenvalue weighted by atomic mass is 10.1. The molecular weight excluding hydrogens is 384 g/mol. The monoisotopic (exact) mass is 404 g/mol. The van der Waals surface area contributed by atoms with Crippen LogP contribution < -0.4 is 10.6 Å². The number of nitrogens with one attached hydrogen (secondary N) is 3. The smallest absolute Gasteiger partial charge is 0.253 e. The Bertz CT molecular complexity index is 1280. The van der Waals surface area contributed by atoms with Crippen molar-refractivity contribution < 1.29 is 9.59 Å². The molecule has 0 aliphatic heterocycles. The van der Waals surface area contributed by atoms with Gasteiger partial charge in [-0.25, -0.2) is 9.67 Å². The quantitative estimate of drug-likeness (QED) is 0.469. The van der Waals surface area contributed by atoms with E-state index in [2.05, 4.69) is 30.8 Å². The third-order valence-electron chi connectivity index (χ3n) is 5.15. The predicted molar refractivity (Wildman–Crippen MR) is 110 cm³/mol. The van der Waals surface area contributed by atoms with Crippen LogP contribution in [0.5, 0.6) is 0 Å². The Labute approximate surface area is 171 Å². The van der Waals surface area contributed by atoms with Crippen LogP contribution in [0.25, 0.3) is 28.0 Å². The van der Waals surface area contributed by atoms with E-state index in [1.165, 1.54) is 6.20 Å². The van der Waals surface area contributed by atoms with Crippen molar-refractivity contribution in [1.29, 1.82) is 0 Å². The Hall–Kier alpha value is -3.95. The largest absolute Gasteiger partial charge is 0.355 e. The summed E-state index contributed by atoms with van der Waals surface area (Å²) in [5, 5.41) is 14.9. The van der Waals surface area contributed by atoms with Crippen LogP contribution in [0.2, 0.25) is 0 Å². The highest BCUT2D eigenvalue weighted by atomic mass is 16.2. The van der Waals surface area contributed by atoms with E-state index in [0.717, 1.165) is 18.5 Å². The fourth-order valence-electron chi connectivity index (χ4n) is 3.37. The fraction of sp³-hybridized carbons (Fsp3) is 0.250. The van der Waals surface area contributed by atoms with Crippen molar-refractivity contribution in [3.05, 3.63) is 42.5 Å². The summed E-state index contributed by atoms with van der Waals surface area (Å²) in [6, 6.07) is 3.72. The van der Waals surface area contributed by atoms with Gasteiger partial charge in [-0.15, -0.1) is 0 Å². The second kappa shape index (κ2) is 6.83. The number of carbonyl (C=O) groups excluding carboxylic acids is 2. The number of carbonyl (C=O) groups is 2. The van der Waals surface area contributed by atoms with Crippen LogP contribution in [0, 0.1) is 5.92 Å². The zero-order chi connectivity index (χ0) is 20.8. The van der Waals surface area contributed by atoms with Crippen molar-refractivity contribution in [1.82, 2.24) is 34.8 Å². The molecule has 152 valence electrons. The van der Waals surface area contributed by atoms with Crippen LogP contribution in [0.1, 0.15) is 23.2 Å². The summed E-state index contributed by atoms with van der Waals surface area (Å²) in [7, 11) is 3.41. The summed E-state index contributed by atoms with van der Waals surface area (Å²) in [5.41, 5.74) is 3.26. The highest BCUT2D eigenvalue weighted by molar-refractivity contribution is 6.11. The third kappa shape index (κ3) is 3.11. The van der Waals surface area contributed by atoms with E-state index in [-0.39, 0.29) is 17.7 Å². The van der Waals surface area contributed by atoms with E-state index in [1.807, 2.05) is 31.6 Å². The highest BCUT2D eigenvalue weighted by Crippen LogP contribution is 2.33. The molecule has 4 aromatic heterocycles. The van der Waals surface area contributed by atoms with Gasteiger partial charge in [0.25, 0.3) is 5.91 Å². The van der Waals surface area contributed by atoms with Crippen LogP contribution in [0.15, 0.2) is 36.9 Å². The molecule has 0 radical (unpaired) electrons. The standard InChI is InChI=1S/C20H20N8O2/c1-21-20(30)14-9-22-18(25-19(29)11-3-4-11)17-13(14)7-16(24-17)15-5-6-28(26-15)12-8-23-27(2)10-12/h5-11,24H,3-4H2,1-2H3,(H,21,30)(H,22,25,29). The molecule has 0 unspecified atom stereocenters. The number of hydrogen-bond donors (Lipinski definition) is 3. The minimum atomic E-state index is -0.251. The number of nitrogens with zero attached hydrogens (tertiary/aromatic N) is 5. The van der Waals surface area contributed by atoms with Crippen molar-refractivity contribution >= 4 is 28.5 Å². The Morgan fingerprint density at radius 1 is 1.27 bits per heavy atom. The molecule has 4 aromatic rings. The van der Waals surface area contributed by atoms with E-state index in [4.69, 9.17) is 0 Å². The van der Waals surface area contributed by atoms with Crippen molar-refractivity contribution in [3.8, 4) is 17.1 Å². The number of aryl methyl sites for hydroxylation is 1. The summed E-state index contributed by atoms with van der Waals surface area (Å²) in [6.07, 6.45) is 8.70. The second-order valence-corrected chi connectivity index (χ2v) is 7.35. The number of fused-ring (bicyclic) bond motifs is 1. The predicted octanol–water partition coefficient (Wildman–Crippen LogP) is 1.86. The maximum absolute atomic E-state index is 12.3. The summed E-state index contributed by atoms with van der Waals surface area (Å²) in [5.74, 6) is 0.157. The average molecular weight is 404 g/mol. The van der Waals surface area contributed by atoms with Gasteiger partial charge >= 0.3 is 0 Å². The van der Waals surface area contributed by atoms with Crippen molar-refractivity contribution in [2.75, 3.05) is 12.4 Å². The Morgan fingerprint density at radius 3 is 2.80 bits per heavy atom. The number of pyridine rings is 1. The molecule has 2 amide bonds. The summed E-state index contributed by atoms with van der Waals surface area (Å²) < 4.78 is 3.43. The fourth-order valence-corrected chi connectivity index (χ4v) is 3.37. The lowest BCUT2D eigenvalue weighted by Gasteiger charge is -2.07. The van der Waals surface area contributed by atoms with Gasteiger partial charge in [-0.1, -0.05) is 0 Å². The number of hydrogen-bond acceptors (Lipinski definition) is 5. The Kier molecular flexibility index (Phi) is 4.12. The van der Waals surface area contributed by atoms with Crippen LogP contribution >= 0.6 is 0 Å². The molecule has 0 spiro atoms. The van der Waals surface area contributed by atoms with Crippen LogP contribution in [0.3, 0.4) is 0 Å². The van der Waals surface area contributed by atoms with E-state index >= 15 is 0 Å². The minimum absolute atomic E-state index is 0.0464. The van der Waals surface area contributed by atoms with Crippen LogP contribution in [-0.4, -0.2) is 48.4 Å². The van der Waals surface area contributed by atoms with E-state index < -0.39 is 0 Å². The van der Waals surface area contributed by atoms with Gasteiger partial charge in [0, 0.05) is 37.8 Å². The molecule has 30 heavy (non-hydrogen) atoms. The summed E-state index contributed by atoms with van der Waals surface area (Å²) >= 11 is 0. The van der Waals surface area contributed by atoms with Gasteiger partial charge in [-0.2, -0.15) is 10.2 Å². The van der Waals surface area contributed by atoms with Gasteiger partial charge in [0.05, 0.1) is 29.2 Å². The average Bonchev–Trinajstić information content (AvgIpc) is 3.13. The highest BCUT2D eigenvalue weighted by Gasteiger charge is 2.30. The van der Waals surface area contributed by atoms with Gasteiger partial charge in [0.2, 0.25) is 5.91 Å². The summed E-state index contributed by atoms with van der Waals surface area (Å²) in [4.78, 5) is 32.2. The number of aromatic nitrogens is 6. The first-order valence-electron chi connectivity index (χ1n) is 9.63. The minimum Gasteiger partial charge on any atom is -0.355 e. The maximum Gasteiger partial charge on any atom is 0.253 e. The molecule has 1 aliphatic carbocycles. The van der Waals surface area contributed by atoms with E-state index in [0.29, 0.717) is 33.7 Å². The van der Waals surface area contributed by atoms with Crippen molar-refractivity contribution in [3.63, 3.8) is 0 Å². The first-order valence-corrected chi connectivity index (χ1v) is 9.63. The molecule has 4 heterocycles. The van der Waals surface area contributed by atoms with Gasteiger partial charge in [-0.05, 0) is 25.0 Å². The van der Waals surface area contributed by atoms with Crippen molar-refractivity contribution in [2.24, 2.45) is 13.0 Å². The first kappa shape index (κ1) is 18.1. The Morgan fingerprint density at radius 2 is 2.10 bits per heavy atom. The van der Waals surface area contributed by atoms with Gasteiger partial charge in [0.15, 0.2) is 5.82 Å². The van der Waals surface area contributed by atoms with E-state index in [9.17, 15) is 9.59 Å². The molecule has 1 aliphatic rings. The van der Waals surface area contributed by atoms with E-state index in [1.54, 1.807) is 22.6 Å². The molecule has 3 N–H and O–H groups in total. The lowest BCUT2D eigenvalue weighted by Crippen LogP contribution is -2.19. The maximum atomic E-state index is 12.3. The molecule has 5 rings (SSSR count). The van der Waals surface area contributed by atoms with Gasteiger partial charge in [-0.3, -0.25) is 14.3 Å². The number of rotatable bonds is 5. The summed E-state index contributed by atoms with van der Waals surface area (Å²) in [6.45, 7) is 0. The van der Waals surface area contributed by atoms with Crippen molar-refractivity contribution in [2.45, 2.75) is 12.8 Å². The zero-order valence-corrected chi connectivity index (χ0v) is 16.5. The molecule has 10 heteroatoms. The third-order valence-corrected chi connectivity index (χ3v) is 5.15. The molecule has 1 fully saturated rings. The molecule has 0 bridgehead atoms. The molecule has 10 nitrogen and oxygen atoms in total. The zero-order valence-electron chi connectivity index (χ0n) is 16.5. The number of amides is 2. The van der Waals surface area contributed by atoms with Gasteiger partial charge < -0.3 is 15.6 Å². The molecule has 0 aromatic carbocycles.